The Morgan fingerprint density at radius 3 is 2.47 bits per heavy atom. The zero-order valence-electron chi connectivity index (χ0n) is 11.6. The molecule has 1 aromatic carbocycles. The van der Waals surface area contributed by atoms with Gasteiger partial charge in [0.2, 0.25) is 10.0 Å². The van der Waals surface area contributed by atoms with Crippen molar-refractivity contribution in [2.75, 3.05) is 6.54 Å². The Kier molecular flexibility index (Phi) is 5.80. The topological polar surface area (TPSA) is 63.4 Å². The minimum Gasteiger partial charge on any atom is -0.326 e. The summed E-state index contributed by atoms with van der Waals surface area (Å²) in [5.74, 6) is 0. The Hall–Kier alpha value is -0.620. The standard InChI is InChI=1S/C13H21ClN2O2S/c1-4-10(3)16(5-2)19(17,18)12-6-7-13(14)11(8-12)9-15/h6-8,10H,4-5,9,15H2,1-3H3. The molecule has 0 saturated heterocycles. The molecule has 0 aliphatic carbocycles. The summed E-state index contributed by atoms with van der Waals surface area (Å²) in [5.41, 5.74) is 6.21. The van der Waals surface area contributed by atoms with E-state index in [1.807, 2.05) is 20.8 Å². The van der Waals surface area contributed by atoms with Gasteiger partial charge in [0.1, 0.15) is 0 Å². The number of nitrogens with two attached hydrogens (primary N) is 1. The molecule has 0 bridgehead atoms. The van der Waals surface area contributed by atoms with E-state index in [1.54, 1.807) is 12.1 Å². The molecule has 0 amide bonds. The number of nitrogens with zero attached hydrogens (tertiary/aromatic N) is 1. The molecule has 4 nitrogen and oxygen atoms in total. The van der Waals surface area contributed by atoms with Crippen LogP contribution in [0.25, 0.3) is 0 Å². The largest absolute Gasteiger partial charge is 0.326 e. The van der Waals surface area contributed by atoms with Crippen molar-refractivity contribution >= 4 is 21.6 Å². The van der Waals surface area contributed by atoms with E-state index < -0.39 is 10.0 Å². The second-order valence-corrected chi connectivity index (χ2v) is 6.72. The summed E-state index contributed by atoms with van der Waals surface area (Å²) < 4.78 is 26.7. The van der Waals surface area contributed by atoms with Crippen LogP contribution in [0.3, 0.4) is 0 Å². The third kappa shape index (κ3) is 3.48. The smallest absolute Gasteiger partial charge is 0.243 e. The van der Waals surface area contributed by atoms with Crippen LogP contribution in [0.2, 0.25) is 5.02 Å². The molecule has 1 atom stereocenters. The lowest BCUT2D eigenvalue weighted by Gasteiger charge is -2.26. The molecule has 19 heavy (non-hydrogen) atoms. The molecule has 0 spiro atoms. The zero-order valence-corrected chi connectivity index (χ0v) is 13.1. The maximum atomic E-state index is 12.6. The Bertz CT molecular complexity index is 531. The van der Waals surface area contributed by atoms with E-state index in [0.717, 1.165) is 6.42 Å². The number of rotatable bonds is 6. The summed E-state index contributed by atoms with van der Waals surface area (Å²) >= 11 is 5.96. The van der Waals surface area contributed by atoms with Crippen molar-refractivity contribution in [3.8, 4) is 0 Å². The Labute approximate surface area is 120 Å². The summed E-state index contributed by atoms with van der Waals surface area (Å²) in [5, 5.41) is 0.494. The minimum atomic E-state index is -3.49. The van der Waals surface area contributed by atoms with Crippen LogP contribution in [0.1, 0.15) is 32.8 Å². The quantitative estimate of drug-likeness (QED) is 0.878. The van der Waals surface area contributed by atoms with E-state index >= 15 is 0 Å². The Balaban J connectivity index is 3.26. The predicted molar refractivity (Wildman–Crippen MR) is 78.7 cm³/mol. The van der Waals surface area contributed by atoms with Gasteiger partial charge in [-0.3, -0.25) is 0 Å². The fourth-order valence-electron chi connectivity index (χ4n) is 1.93. The molecule has 2 N–H and O–H groups in total. The zero-order chi connectivity index (χ0) is 14.6. The van der Waals surface area contributed by atoms with E-state index in [4.69, 9.17) is 17.3 Å². The van der Waals surface area contributed by atoms with Gasteiger partial charge in [-0.25, -0.2) is 8.42 Å². The average Bonchev–Trinajstić information content (AvgIpc) is 2.39. The highest BCUT2D eigenvalue weighted by atomic mass is 35.5. The molecule has 1 aromatic rings. The first-order valence-corrected chi connectivity index (χ1v) is 8.20. The van der Waals surface area contributed by atoms with Gasteiger partial charge in [0, 0.05) is 24.2 Å². The molecule has 0 radical (unpaired) electrons. The number of benzene rings is 1. The lowest BCUT2D eigenvalue weighted by atomic mass is 10.2. The third-order valence-electron chi connectivity index (χ3n) is 3.24. The maximum Gasteiger partial charge on any atom is 0.243 e. The van der Waals surface area contributed by atoms with Crippen LogP contribution < -0.4 is 5.73 Å². The highest BCUT2D eigenvalue weighted by Gasteiger charge is 2.27. The van der Waals surface area contributed by atoms with Gasteiger partial charge in [0.25, 0.3) is 0 Å². The Morgan fingerprint density at radius 1 is 1.37 bits per heavy atom. The van der Waals surface area contributed by atoms with Crippen molar-refractivity contribution in [1.82, 2.24) is 4.31 Å². The van der Waals surface area contributed by atoms with Crippen LogP contribution in [-0.2, 0) is 16.6 Å². The second-order valence-electron chi connectivity index (χ2n) is 4.42. The molecule has 0 aromatic heterocycles. The summed E-state index contributed by atoms with van der Waals surface area (Å²) in [7, 11) is -3.49. The third-order valence-corrected chi connectivity index (χ3v) is 5.69. The van der Waals surface area contributed by atoms with E-state index in [0.29, 0.717) is 17.1 Å². The van der Waals surface area contributed by atoms with Crippen LogP contribution in [-0.4, -0.2) is 25.3 Å². The summed E-state index contributed by atoms with van der Waals surface area (Å²) in [4.78, 5) is 0.250. The van der Waals surface area contributed by atoms with Crippen molar-refractivity contribution < 1.29 is 8.42 Å². The number of sulfonamides is 1. The van der Waals surface area contributed by atoms with Crippen molar-refractivity contribution in [2.24, 2.45) is 5.73 Å². The summed E-state index contributed by atoms with van der Waals surface area (Å²) in [6.45, 7) is 6.37. The lowest BCUT2D eigenvalue weighted by Crippen LogP contribution is -2.38. The number of halogens is 1. The molecule has 1 unspecified atom stereocenters. The number of hydrogen-bond donors (Lipinski definition) is 1. The normalized spacial score (nSPS) is 13.8. The van der Waals surface area contributed by atoms with Gasteiger partial charge < -0.3 is 5.73 Å². The molecule has 6 heteroatoms. The first-order chi connectivity index (χ1) is 8.88. The van der Waals surface area contributed by atoms with Crippen LogP contribution >= 0.6 is 11.6 Å². The van der Waals surface area contributed by atoms with Gasteiger partial charge >= 0.3 is 0 Å². The van der Waals surface area contributed by atoms with E-state index in [9.17, 15) is 8.42 Å². The van der Waals surface area contributed by atoms with Crippen LogP contribution in [0.5, 0.6) is 0 Å². The molecule has 0 saturated carbocycles. The molecule has 0 aliphatic rings. The molecule has 0 heterocycles. The summed E-state index contributed by atoms with van der Waals surface area (Å²) in [6.07, 6.45) is 0.768. The van der Waals surface area contributed by atoms with E-state index in [2.05, 4.69) is 0 Å². The van der Waals surface area contributed by atoms with Gasteiger partial charge in [-0.2, -0.15) is 4.31 Å². The van der Waals surface area contributed by atoms with Gasteiger partial charge in [-0.1, -0.05) is 25.4 Å². The average molecular weight is 305 g/mol. The van der Waals surface area contributed by atoms with Crippen molar-refractivity contribution in [1.29, 1.82) is 0 Å². The first kappa shape index (κ1) is 16.4. The van der Waals surface area contributed by atoms with Gasteiger partial charge in [0.05, 0.1) is 4.90 Å². The lowest BCUT2D eigenvalue weighted by molar-refractivity contribution is 0.342. The molecule has 1 rings (SSSR count). The molecule has 0 fully saturated rings. The fraction of sp³-hybridized carbons (Fsp3) is 0.538. The van der Waals surface area contributed by atoms with Gasteiger partial charge in [-0.05, 0) is 37.1 Å². The molecular weight excluding hydrogens is 284 g/mol. The minimum absolute atomic E-state index is 0.0352. The summed E-state index contributed by atoms with van der Waals surface area (Å²) in [6, 6.07) is 4.64. The van der Waals surface area contributed by atoms with E-state index in [-0.39, 0.29) is 17.5 Å². The van der Waals surface area contributed by atoms with Gasteiger partial charge in [-0.15, -0.1) is 0 Å². The fourth-order valence-corrected chi connectivity index (χ4v) is 3.89. The second kappa shape index (κ2) is 6.70. The van der Waals surface area contributed by atoms with Crippen molar-refractivity contribution in [3.63, 3.8) is 0 Å². The van der Waals surface area contributed by atoms with Crippen molar-refractivity contribution in [3.05, 3.63) is 28.8 Å². The Morgan fingerprint density at radius 2 is 2.00 bits per heavy atom. The van der Waals surface area contributed by atoms with Crippen molar-refractivity contribution in [2.45, 2.75) is 44.7 Å². The highest BCUT2D eigenvalue weighted by Crippen LogP contribution is 2.24. The first-order valence-electron chi connectivity index (χ1n) is 6.38. The van der Waals surface area contributed by atoms with Gasteiger partial charge in [0.15, 0.2) is 0 Å². The SMILES string of the molecule is CCC(C)N(CC)S(=O)(=O)c1ccc(Cl)c(CN)c1. The maximum absolute atomic E-state index is 12.6. The molecular formula is C13H21ClN2O2S. The van der Waals surface area contributed by atoms with E-state index in [1.165, 1.54) is 10.4 Å². The molecule has 108 valence electrons. The monoisotopic (exact) mass is 304 g/mol. The van der Waals surface area contributed by atoms with Crippen LogP contribution in [0, 0.1) is 0 Å². The predicted octanol–water partition coefficient (Wildman–Crippen LogP) is 2.61. The molecule has 0 aliphatic heterocycles. The van der Waals surface area contributed by atoms with Crippen LogP contribution in [0.4, 0.5) is 0 Å². The highest BCUT2D eigenvalue weighted by molar-refractivity contribution is 7.89. The number of hydrogen-bond acceptors (Lipinski definition) is 3. The van der Waals surface area contributed by atoms with Crippen LogP contribution in [0.15, 0.2) is 23.1 Å².